The number of fused-ring (bicyclic) bond motifs is 1. The molecule has 0 aromatic carbocycles. The zero-order chi connectivity index (χ0) is 12.5. The van der Waals surface area contributed by atoms with Crippen molar-refractivity contribution in [3.8, 4) is 0 Å². The van der Waals surface area contributed by atoms with E-state index in [4.69, 9.17) is 16.1 Å². The van der Waals surface area contributed by atoms with Crippen LogP contribution in [0.1, 0.15) is 41.0 Å². The van der Waals surface area contributed by atoms with Crippen molar-refractivity contribution < 1.29 is 4.52 Å². The van der Waals surface area contributed by atoms with Gasteiger partial charge in [0, 0.05) is 10.9 Å². The molecule has 0 saturated carbocycles. The van der Waals surface area contributed by atoms with Crippen LogP contribution < -0.4 is 5.32 Å². The Hall–Kier alpha value is -0.910. The van der Waals surface area contributed by atoms with Gasteiger partial charge in [-0.05, 0) is 37.8 Å². The highest BCUT2D eigenvalue weighted by Crippen LogP contribution is 2.37. The fourth-order valence-corrected chi connectivity index (χ4v) is 3.74. The van der Waals surface area contributed by atoms with Crippen LogP contribution in [-0.2, 0) is 13.0 Å². The van der Waals surface area contributed by atoms with Crippen molar-refractivity contribution in [2.45, 2.75) is 38.8 Å². The number of aryl methyl sites for hydroxylation is 2. The third-order valence-electron chi connectivity index (χ3n) is 3.15. The Morgan fingerprint density at radius 1 is 1.61 bits per heavy atom. The van der Waals surface area contributed by atoms with Crippen LogP contribution in [0.5, 0.6) is 0 Å². The number of thiophene rings is 1. The maximum absolute atomic E-state index is 6.09. The zero-order valence-corrected chi connectivity index (χ0v) is 11.6. The van der Waals surface area contributed by atoms with E-state index in [1.54, 1.807) is 11.3 Å². The quantitative estimate of drug-likeness (QED) is 0.939. The van der Waals surface area contributed by atoms with Crippen LogP contribution in [0, 0.1) is 6.92 Å². The second-order valence-electron chi connectivity index (χ2n) is 4.49. The van der Waals surface area contributed by atoms with Gasteiger partial charge in [0.15, 0.2) is 5.82 Å². The van der Waals surface area contributed by atoms with Gasteiger partial charge in [0.25, 0.3) is 0 Å². The first-order valence-corrected chi connectivity index (χ1v) is 7.22. The molecule has 0 amide bonds. The fourth-order valence-electron chi connectivity index (χ4n) is 2.36. The van der Waals surface area contributed by atoms with Gasteiger partial charge in [0.1, 0.15) is 0 Å². The standard InChI is InChI=1S/C12H14ClN3OS/c1-7-15-12(17-16-7)6-14-9-3-2-4-10-8(9)5-11(13)18-10/h5,9,14H,2-4,6H2,1H3. The molecule has 2 aromatic rings. The first-order chi connectivity index (χ1) is 8.72. The lowest BCUT2D eigenvalue weighted by atomic mass is 9.94. The number of aromatic nitrogens is 2. The summed E-state index contributed by atoms with van der Waals surface area (Å²) >= 11 is 7.78. The normalized spacial score (nSPS) is 18.9. The number of nitrogens with one attached hydrogen (secondary N) is 1. The summed E-state index contributed by atoms with van der Waals surface area (Å²) in [6.07, 6.45) is 3.47. The zero-order valence-electron chi connectivity index (χ0n) is 10.1. The van der Waals surface area contributed by atoms with Gasteiger partial charge in [-0.15, -0.1) is 11.3 Å². The molecule has 1 unspecified atom stereocenters. The second-order valence-corrected chi connectivity index (χ2v) is 6.26. The highest BCUT2D eigenvalue weighted by molar-refractivity contribution is 7.16. The van der Waals surface area contributed by atoms with E-state index in [-0.39, 0.29) is 0 Å². The average molecular weight is 284 g/mol. The molecular weight excluding hydrogens is 270 g/mol. The van der Waals surface area contributed by atoms with Crippen molar-refractivity contribution in [2.24, 2.45) is 0 Å². The van der Waals surface area contributed by atoms with Gasteiger partial charge >= 0.3 is 0 Å². The average Bonchev–Trinajstić information content (AvgIpc) is 2.91. The first-order valence-electron chi connectivity index (χ1n) is 6.03. The number of hydrogen-bond donors (Lipinski definition) is 1. The molecule has 0 bridgehead atoms. The summed E-state index contributed by atoms with van der Waals surface area (Å²) in [6.45, 7) is 2.43. The lowest BCUT2D eigenvalue weighted by Gasteiger charge is -2.22. The summed E-state index contributed by atoms with van der Waals surface area (Å²) in [7, 11) is 0. The smallest absolute Gasteiger partial charge is 0.240 e. The molecule has 1 N–H and O–H groups in total. The number of nitrogens with zero attached hydrogens (tertiary/aromatic N) is 2. The van der Waals surface area contributed by atoms with Gasteiger partial charge in [-0.3, -0.25) is 0 Å². The molecule has 2 aromatic heterocycles. The van der Waals surface area contributed by atoms with Crippen LogP contribution in [0.4, 0.5) is 0 Å². The number of rotatable bonds is 3. The summed E-state index contributed by atoms with van der Waals surface area (Å²) in [5.74, 6) is 1.32. The van der Waals surface area contributed by atoms with E-state index in [1.807, 2.05) is 6.92 Å². The third kappa shape index (κ3) is 2.43. The monoisotopic (exact) mass is 283 g/mol. The third-order valence-corrected chi connectivity index (χ3v) is 4.49. The van der Waals surface area contributed by atoms with E-state index in [0.29, 0.717) is 24.3 Å². The molecule has 1 aliphatic carbocycles. The summed E-state index contributed by atoms with van der Waals surface area (Å²) in [5, 5.41) is 7.26. The Labute approximate surface area is 114 Å². The van der Waals surface area contributed by atoms with Gasteiger partial charge in [-0.1, -0.05) is 16.8 Å². The van der Waals surface area contributed by atoms with Gasteiger partial charge in [0.2, 0.25) is 5.89 Å². The maximum Gasteiger partial charge on any atom is 0.240 e. The van der Waals surface area contributed by atoms with Crippen molar-refractivity contribution >= 4 is 22.9 Å². The predicted molar refractivity (Wildman–Crippen MR) is 70.9 cm³/mol. The second kappa shape index (κ2) is 4.99. The van der Waals surface area contributed by atoms with Crippen LogP contribution in [0.25, 0.3) is 0 Å². The minimum absolute atomic E-state index is 0.352. The molecule has 1 atom stereocenters. The summed E-state index contributed by atoms with van der Waals surface area (Å²) < 4.78 is 5.98. The van der Waals surface area contributed by atoms with Gasteiger partial charge in [-0.25, -0.2) is 0 Å². The lowest BCUT2D eigenvalue weighted by molar-refractivity contribution is 0.348. The molecular formula is C12H14ClN3OS. The van der Waals surface area contributed by atoms with Crippen molar-refractivity contribution in [1.82, 2.24) is 15.5 Å². The summed E-state index contributed by atoms with van der Waals surface area (Å²) in [5.41, 5.74) is 1.34. The first kappa shape index (κ1) is 12.1. The molecule has 0 radical (unpaired) electrons. The molecule has 3 rings (SSSR count). The van der Waals surface area contributed by atoms with Crippen LogP contribution in [-0.4, -0.2) is 10.1 Å². The van der Waals surface area contributed by atoms with Crippen molar-refractivity contribution in [2.75, 3.05) is 0 Å². The maximum atomic E-state index is 6.09. The van der Waals surface area contributed by atoms with E-state index in [0.717, 1.165) is 17.2 Å². The SMILES string of the molecule is Cc1noc(CNC2CCCc3sc(Cl)cc32)n1. The van der Waals surface area contributed by atoms with E-state index < -0.39 is 0 Å². The highest BCUT2D eigenvalue weighted by Gasteiger charge is 2.22. The lowest BCUT2D eigenvalue weighted by Crippen LogP contribution is -2.24. The van der Waals surface area contributed by atoms with Crippen LogP contribution in [0.15, 0.2) is 10.6 Å². The minimum atomic E-state index is 0.352. The molecule has 0 aliphatic heterocycles. The fraction of sp³-hybridized carbons (Fsp3) is 0.500. The Morgan fingerprint density at radius 2 is 2.50 bits per heavy atom. The van der Waals surface area contributed by atoms with Crippen LogP contribution in [0.3, 0.4) is 0 Å². The molecule has 0 spiro atoms. The van der Waals surface area contributed by atoms with Crippen molar-refractivity contribution in [3.05, 3.63) is 32.6 Å². The number of hydrogen-bond acceptors (Lipinski definition) is 5. The number of halogens is 1. The topological polar surface area (TPSA) is 51.0 Å². The molecule has 0 fully saturated rings. The van der Waals surface area contributed by atoms with E-state index in [9.17, 15) is 0 Å². The summed E-state index contributed by atoms with van der Waals surface area (Å²) in [4.78, 5) is 5.60. The predicted octanol–water partition coefficient (Wildman–Crippen LogP) is 3.26. The highest BCUT2D eigenvalue weighted by atomic mass is 35.5. The van der Waals surface area contributed by atoms with Gasteiger partial charge in [0.05, 0.1) is 10.9 Å². The minimum Gasteiger partial charge on any atom is -0.338 e. The Balaban J connectivity index is 1.70. The summed E-state index contributed by atoms with van der Waals surface area (Å²) in [6, 6.07) is 2.43. The van der Waals surface area contributed by atoms with Crippen LogP contribution >= 0.6 is 22.9 Å². The molecule has 2 heterocycles. The van der Waals surface area contributed by atoms with Crippen molar-refractivity contribution in [1.29, 1.82) is 0 Å². The molecule has 1 aliphatic rings. The molecule has 96 valence electrons. The van der Waals surface area contributed by atoms with Crippen LogP contribution in [0.2, 0.25) is 4.34 Å². The van der Waals surface area contributed by atoms with Gasteiger partial charge < -0.3 is 9.84 Å². The van der Waals surface area contributed by atoms with E-state index >= 15 is 0 Å². The van der Waals surface area contributed by atoms with Crippen molar-refractivity contribution in [3.63, 3.8) is 0 Å². The largest absolute Gasteiger partial charge is 0.338 e. The molecule has 0 saturated heterocycles. The molecule has 6 heteroatoms. The van der Waals surface area contributed by atoms with E-state index in [1.165, 1.54) is 16.9 Å². The van der Waals surface area contributed by atoms with Gasteiger partial charge in [-0.2, -0.15) is 4.98 Å². The Bertz CT molecular complexity index is 551. The molecule has 18 heavy (non-hydrogen) atoms. The van der Waals surface area contributed by atoms with E-state index in [2.05, 4.69) is 21.5 Å². The Morgan fingerprint density at radius 3 is 3.28 bits per heavy atom. The Kier molecular flexibility index (Phi) is 3.37. The molecule has 4 nitrogen and oxygen atoms in total.